The minimum atomic E-state index is 0.287. The zero-order valence-electron chi connectivity index (χ0n) is 29.7. The Morgan fingerprint density at radius 1 is 0.700 bits per heavy atom. The molecule has 4 nitrogen and oxygen atoms in total. The Balaban J connectivity index is 1.04. The number of anilines is 1. The second-order valence-corrected chi connectivity index (χ2v) is 16.9. The fourth-order valence-electron chi connectivity index (χ4n) is 12.1. The lowest BCUT2D eigenvalue weighted by Crippen LogP contribution is -2.63. The summed E-state index contributed by atoms with van der Waals surface area (Å²) < 4.78 is 0. The van der Waals surface area contributed by atoms with E-state index in [0.29, 0.717) is 54.0 Å². The van der Waals surface area contributed by atoms with Crippen LogP contribution in [-0.2, 0) is 0 Å². The summed E-state index contributed by atoms with van der Waals surface area (Å²) in [6.45, 7) is 0. The van der Waals surface area contributed by atoms with Crippen molar-refractivity contribution in [3.8, 4) is 0 Å². The minimum absolute atomic E-state index is 0.287. The molecule has 0 aromatic heterocycles. The summed E-state index contributed by atoms with van der Waals surface area (Å²) in [5.41, 5.74) is 6.27. The molecule has 12 atom stereocenters. The van der Waals surface area contributed by atoms with Crippen molar-refractivity contribution in [2.45, 2.75) is 125 Å². The summed E-state index contributed by atoms with van der Waals surface area (Å²) >= 11 is 0. The number of fused-ring (bicyclic) bond motifs is 6. The van der Waals surface area contributed by atoms with E-state index in [4.69, 9.17) is 0 Å². The zero-order chi connectivity index (χ0) is 33.0. The Hall–Kier alpha value is -3.34. The number of nitrogens with one attached hydrogen (secondary N) is 2. The van der Waals surface area contributed by atoms with Gasteiger partial charge in [0.05, 0.1) is 12.2 Å². The maximum absolute atomic E-state index is 4.32. The van der Waals surface area contributed by atoms with Gasteiger partial charge in [-0.2, -0.15) is 0 Å². The Morgan fingerprint density at radius 3 is 2.50 bits per heavy atom. The molecule has 3 heterocycles. The average molecular weight is 665 g/mol. The number of para-hydroxylation sites is 1. The summed E-state index contributed by atoms with van der Waals surface area (Å²) in [5.74, 6) is 3.25. The average Bonchev–Trinajstić information content (AvgIpc) is 3.71. The minimum Gasteiger partial charge on any atom is -0.365 e. The third-order valence-corrected chi connectivity index (χ3v) is 14.3. The van der Waals surface area contributed by atoms with E-state index in [1.54, 1.807) is 11.3 Å². The quantitative estimate of drug-likeness (QED) is 0.308. The Morgan fingerprint density at radius 2 is 1.60 bits per heavy atom. The molecule has 1 aromatic rings. The molecule has 0 amide bonds. The molecule has 50 heavy (non-hydrogen) atoms. The van der Waals surface area contributed by atoms with Crippen molar-refractivity contribution in [2.24, 2.45) is 23.7 Å². The van der Waals surface area contributed by atoms with Crippen molar-refractivity contribution in [3.63, 3.8) is 0 Å². The van der Waals surface area contributed by atoms with Crippen LogP contribution in [0.3, 0.4) is 0 Å². The van der Waals surface area contributed by atoms with E-state index >= 15 is 0 Å². The van der Waals surface area contributed by atoms with Crippen molar-refractivity contribution in [2.75, 3.05) is 4.90 Å². The maximum atomic E-state index is 4.32. The van der Waals surface area contributed by atoms with E-state index in [9.17, 15) is 0 Å². The van der Waals surface area contributed by atoms with Crippen LogP contribution in [0.15, 0.2) is 121 Å². The van der Waals surface area contributed by atoms with Gasteiger partial charge in [0, 0.05) is 53.4 Å². The second kappa shape index (κ2) is 13.3. The van der Waals surface area contributed by atoms with E-state index < -0.39 is 0 Å². The summed E-state index contributed by atoms with van der Waals surface area (Å²) in [5, 5.41) is 8.47. The molecule has 1 aromatic carbocycles. The Labute approximate surface area is 300 Å². The second-order valence-electron chi connectivity index (χ2n) is 16.9. The normalized spacial score (nSPS) is 41.4. The predicted octanol–water partition coefficient (Wildman–Crippen LogP) is 9.01. The molecule has 4 heteroatoms. The number of nitrogens with zero attached hydrogens (tertiary/aromatic N) is 2. The maximum Gasteiger partial charge on any atom is 0.0646 e. The molecule has 3 aliphatic heterocycles. The first-order chi connectivity index (χ1) is 24.8. The van der Waals surface area contributed by atoms with E-state index in [-0.39, 0.29) is 6.17 Å². The Bertz CT molecular complexity index is 1690. The van der Waals surface area contributed by atoms with E-state index in [1.165, 1.54) is 69.0 Å². The van der Waals surface area contributed by atoms with E-state index in [1.807, 2.05) is 0 Å². The highest BCUT2D eigenvalue weighted by Gasteiger charge is 2.51. The molecule has 9 aliphatic rings. The largest absolute Gasteiger partial charge is 0.365 e. The van der Waals surface area contributed by atoms with Crippen LogP contribution >= 0.6 is 0 Å². The van der Waals surface area contributed by atoms with Crippen molar-refractivity contribution < 1.29 is 0 Å². The molecule has 260 valence electrons. The molecular weight excluding hydrogens is 609 g/mol. The van der Waals surface area contributed by atoms with Gasteiger partial charge in [0.15, 0.2) is 0 Å². The van der Waals surface area contributed by atoms with Gasteiger partial charge in [-0.25, -0.2) is 0 Å². The third kappa shape index (κ3) is 5.48. The van der Waals surface area contributed by atoms with Gasteiger partial charge in [0.25, 0.3) is 0 Å². The van der Waals surface area contributed by atoms with Crippen molar-refractivity contribution in [1.82, 2.24) is 15.5 Å². The zero-order valence-corrected chi connectivity index (χ0v) is 29.7. The van der Waals surface area contributed by atoms with Crippen LogP contribution in [0.25, 0.3) is 0 Å². The summed E-state index contributed by atoms with van der Waals surface area (Å²) in [6, 6.07) is 12.5. The van der Waals surface area contributed by atoms with Gasteiger partial charge in [-0.1, -0.05) is 97.2 Å². The first-order valence-corrected chi connectivity index (χ1v) is 20.3. The fourth-order valence-corrected chi connectivity index (χ4v) is 12.1. The number of hydrogen-bond donors (Lipinski definition) is 2. The Kier molecular flexibility index (Phi) is 8.37. The lowest BCUT2D eigenvalue weighted by atomic mass is 9.76. The van der Waals surface area contributed by atoms with Crippen molar-refractivity contribution in [1.29, 1.82) is 0 Å². The summed E-state index contributed by atoms with van der Waals surface area (Å²) in [7, 11) is 0. The number of rotatable bonds is 5. The molecule has 2 N–H and O–H groups in total. The predicted molar refractivity (Wildman–Crippen MR) is 207 cm³/mol. The van der Waals surface area contributed by atoms with Crippen LogP contribution in [-0.4, -0.2) is 47.3 Å². The van der Waals surface area contributed by atoms with E-state index in [0.717, 1.165) is 31.1 Å². The molecule has 0 radical (unpaired) electrons. The highest BCUT2D eigenvalue weighted by molar-refractivity contribution is 5.64. The van der Waals surface area contributed by atoms with Gasteiger partial charge < -0.3 is 9.80 Å². The first kappa shape index (κ1) is 31.4. The number of likely N-dealkylation sites (tertiary alicyclic amines) is 1. The summed E-state index contributed by atoms with van der Waals surface area (Å²) in [4.78, 5) is 5.93. The lowest BCUT2D eigenvalue weighted by Gasteiger charge is -2.49. The first-order valence-electron chi connectivity index (χ1n) is 20.3. The number of hydrogen-bond acceptors (Lipinski definition) is 4. The lowest BCUT2D eigenvalue weighted by molar-refractivity contribution is 0.150. The monoisotopic (exact) mass is 664 g/mol. The smallest absolute Gasteiger partial charge is 0.0646 e. The van der Waals surface area contributed by atoms with Crippen LogP contribution < -0.4 is 15.5 Å². The molecule has 0 spiro atoms. The van der Waals surface area contributed by atoms with Crippen LogP contribution in [0, 0.1) is 23.7 Å². The summed E-state index contributed by atoms with van der Waals surface area (Å²) in [6.07, 6.45) is 49.3. The highest BCUT2D eigenvalue weighted by Crippen LogP contribution is 2.52. The van der Waals surface area contributed by atoms with Crippen LogP contribution in [0.5, 0.6) is 0 Å². The van der Waals surface area contributed by atoms with Gasteiger partial charge in [-0.15, -0.1) is 0 Å². The number of allylic oxidation sites excluding steroid dienone is 9. The molecule has 10 rings (SSSR count). The van der Waals surface area contributed by atoms with Crippen molar-refractivity contribution in [3.05, 3.63) is 126 Å². The topological polar surface area (TPSA) is 30.5 Å². The van der Waals surface area contributed by atoms with Gasteiger partial charge in [0.1, 0.15) is 0 Å². The van der Waals surface area contributed by atoms with Crippen LogP contribution in [0.4, 0.5) is 5.69 Å². The van der Waals surface area contributed by atoms with Crippen LogP contribution in [0.2, 0.25) is 0 Å². The molecule has 0 saturated carbocycles. The highest BCUT2D eigenvalue weighted by atomic mass is 15.3. The van der Waals surface area contributed by atoms with E-state index in [2.05, 4.69) is 130 Å². The number of benzene rings is 1. The molecule has 12 unspecified atom stereocenters. The molecule has 2 saturated heterocycles. The molecular formula is C46H56N4. The third-order valence-electron chi connectivity index (χ3n) is 14.3. The molecule has 2 fully saturated rings. The van der Waals surface area contributed by atoms with Gasteiger partial charge in [-0.3, -0.25) is 10.6 Å². The molecule has 0 bridgehead atoms. The van der Waals surface area contributed by atoms with Gasteiger partial charge in [0.2, 0.25) is 0 Å². The van der Waals surface area contributed by atoms with Gasteiger partial charge >= 0.3 is 0 Å². The SMILES string of the molecule is C1=CCC(C2NC(C3=CCCC=C3)CC(C3CC(N4C5C=CCCC5C5CC=CCC54)=CC(N4c5ccccc5C5CC=CCC54)C3)N2)C=C1. The van der Waals surface area contributed by atoms with Crippen LogP contribution in [0.1, 0.15) is 88.5 Å². The van der Waals surface area contributed by atoms with Crippen molar-refractivity contribution >= 4 is 5.69 Å². The van der Waals surface area contributed by atoms with Gasteiger partial charge in [-0.05, 0) is 118 Å². The standard InChI is InChI=1S/C46H56N4/c1-3-15-31(16-4-1)40-30-41(48-46(47-40)32-17-5-2-6-18-32)33-27-34(49-42-23-11-7-19-36(42)37-20-8-12-24-43(37)49)29-35(28-33)50-44-25-13-9-21-38(44)39-22-10-14-26-45(39)50/h2-3,5-9,11-17,19,23,26,29,32-34,37-41,43-48H,1,4,10,18,20-22,24-25,27-28,30H2. The molecule has 6 aliphatic carbocycles. The fraction of sp³-hybridized carbons (Fsp3) is 0.522.